The van der Waals surface area contributed by atoms with Gasteiger partial charge < -0.3 is 14.2 Å². The first kappa shape index (κ1) is 21.1. The molecule has 0 aromatic heterocycles. The van der Waals surface area contributed by atoms with Gasteiger partial charge in [0.25, 0.3) is 0 Å². The Hall–Kier alpha value is -1.78. The molecule has 1 heterocycles. The van der Waals surface area contributed by atoms with Gasteiger partial charge >= 0.3 is 11.9 Å². The fourth-order valence-electron chi connectivity index (χ4n) is 8.20. The van der Waals surface area contributed by atoms with Crippen LogP contribution in [0.4, 0.5) is 0 Å². The van der Waals surface area contributed by atoms with Crippen LogP contribution >= 0.6 is 0 Å². The zero-order valence-corrected chi connectivity index (χ0v) is 19.4. The maximum Gasteiger partial charge on any atom is 0.321 e. The average molecular weight is 429 g/mol. The van der Waals surface area contributed by atoms with Crippen LogP contribution in [0.5, 0.6) is 0 Å². The molecule has 0 N–H and O–H groups in total. The van der Waals surface area contributed by atoms with Gasteiger partial charge in [-0.25, -0.2) is 0 Å². The summed E-state index contributed by atoms with van der Waals surface area (Å²) >= 11 is 0. The van der Waals surface area contributed by atoms with E-state index in [1.54, 1.807) is 14.0 Å². The van der Waals surface area contributed by atoms with Gasteiger partial charge in [-0.2, -0.15) is 0 Å². The molecule has 4 unspecified atom stereocenters. The van der Waals surface area contributed by atoms with Crippen LogP contribution < -0.4 is 0 Å². The van der Waals surface area contributed by atoms with E-state index in [0.717, 1.165) is 50.7 Å². The average Bonchev–Trinajstić information content (AvgIpc) is 3.24. The maximum absolute atomic E-state index is 12.7. The second-order valence-corrected chi connectivity index (χ2v) is 10.9. The zero-order chi connectivity index (χ0) is 22.0. The highest BCUT2D eigenvalue weighted by Gasteiger charge is 2.69. The Morgan fingerprint density at radius 2 is 1.97 bits per heavy atom. The summed E-state index contributed by atoms with van der Waals surface area (Å²) in [5.41, 5.74) is 1.11. The van der Waals surface area contributed by atoms with Gasteiger partial charge in [-0.05, 0) is 80.3 Å². The fraction of sp³-hybridized carbons (Fsp3) is 0.769. The summed E-state index contributed by atoms with van der Waals surface area (Å²) in [6.07, 6.45) is 12.7. The van der Waals surface area contributed by atoms with Gasteiger partial charge in [-0.1, -0.05) is 19.9 Å². The highest BCUT2D eigenvalue weighted by atomic mass is 16.6. The summed E-state index contributed by atoms with van der Waals surface area (Å²) in [6, 6.07) is 0. The topological polar surface area (TPSA) is 61.8 Å². The molecule has 170 valence electrons. The van der Waals surface area contributed by atoms with E-state index in [9.17, 15) is 9.59 Å². The van der Waals surface area contributed by atoms with Crippen molar-refractivity contribution in [3.63, 3.8) is 0 Å². The molecule has 1 aliphatic heterocycles. The van der Waals surface area contributed by atoms with Gasteiger partial charge in [0.15, 0.2) is 5.92 Å². The zero-order valence-electron chi connectivity index (χ0n) is 19.4. The molecule has 2 saturated carbocycles. The highest BCUT2D eigenvalue weighted by Crippen LogP contribution is 2.69. The number of esters is 2. The van der Waals surface area contributed by atoms with Crippen molar-refractivity contribution in [2.45, 2.75) is 77.7 Å². The maximum atomic E-state index is 12.7. The van der Waals surface area contributed by atoms with Gasteiger partial charge in [0.1, 0.15) is 5.60 Å². The van der Waals surface area contributed by atoms with Gasteiger partial charge in [0.2, 0.25) is 0 Å². The number of hydrogen-bond donors (Lipinski definition) is 0. The summed E-state index contributed by atoms with van der Waals surface area (Å²) in [5.74, 6) is 1.38. The molecule has 5 rings (SSSR count). The molecule has 0 aromatic carbocycles. The van der Waals surface area contributed by atoms with E-state index in [4.69, 9.17) is 14.2 Å². The lowest BCUT2D eigenvalue weighted by molar-refractivity contribution is -0.169. The third-order valence-corrected chi connectivity index (χ3v) is 9.97. The second kappa shape index (κ2) is 7.11. The summed E-state index contributed by atoms with van der Waals surface area (Å²) in [4.78, 5) is 25.1. The molecule has 0 amide bonds. The largest absolute Gasteiger partial charge is 0.501 e. The van der Waals surface area contributed by atoms with Crippen LogP contribution in [0, 0.1) is 34.5 Å². The van der Waals surface area contributed by atoms with Crippen molar-refractivity contribution in [3.05, 3.63) is 23.5 Å². The Labute approximate surface area is 185 Å². The number of fused-ring (bicyclic) bond motifs is 6. The Morgan fingerprint density at radius 3 is 2.71 bits per heavy atom. The Kier molecular flexibility index (Phi) is 4.84. The first-order valence-corrected chi connectivity index (χ1v) is 12.1. The lowest BCUT2D eigenvalue weighted by atomic mass is 9.47. The number of allylic oxidation sites excluding steroid dienone is 4. The molecule has 4 aliphatic carbocycles. The normalized spacial score (nSPS) is 45.7. The lowest BCUT2D eigenvalue weighted by Gasteiger charge is -2.58. The van der Waals surface area contributed by atoms with Crippen molar-refractivity contribution >= 4 is 11.9 Å². The molecular formula is C26H36O5. The van der Waals surface area contributed by atoms with Crippen molar-refractivity contribution in [1.82, 2.24) is 0 Å². The molecule has 31 heavy (non-hydrogen) atoms. The summed E-state index contributed by atoms with van der Waals surface area (Å²) < 4.78 is 16.9. The molecule has 1 saturated heterocycles. The predicted molar refractivity (Wildman–Crippen MR) is 116 cm³/mol. The first-order chi connectivity index (χ1) is 14.8. The Bertz CT molecular complexity index is 858. The predicted octanol–water partition coefficient (Wildman–Crippen LogP) is 4.95. The van der Waals surface area contributed by atoms with Gasteiger partial charge in [-0.15, -0.1) is 0 Å². The molecule has 3 fully saturated rings. The SMILES string of the molecule is CCOC(=O)C1C[C@@]2(CCC3C4CC=C5C=C(OC)CC[C@]5(C)C4CC[C@@]32C)OC1=O. The van der Waals surface area contributed by atoms with Crippen molar-refractivity contribution < 1.29 is 23.8 Å². The molecule has 1 spiro atoms. The summed E-state index contributed by atoms with van der Waals surface area (Å²) in [6.45, 7) is 6.88. The van der Waals surface area contributed by atoms with E-state index in [0.29, 0.717) is 30.8 Å². The first-order valence-electron chi connectivity index (χ1n) is 12.1. The number of hydrogen-bond acceptors (Lipinski definition) is 5. The number of rotatable bonds is 3. The monoisotopic (exact) mass is 428 g/mol. The molecule has 5 aliphatic rings. The molecule has 0 radical (unpaired) electrons. The van der Waals surface area contributed by atoms with Crippen LogP contribution in [-0.4, -0.2) is 31.3 Å². The number of methoxy groups -OCH3 is 1. The van der Waals surface area contributed by atoms with Crippen molar-refractivity contribution in [3.8, 4) is 0 Å². The van der Waals surface area contributed by atoms with E-state index < -0.39 is 17.5 Å². The summed E-state index contributed by atoms with van der Waals surface area (Å²) in [5, 5.41) is 0. The van der Waals surface area contributed by atoms with Crippen molar-refractivity contribution in [1.29, 1.82) is 0 Å². The Morgan fingerprint density at radius 1 is 1.19 bits per heavy atom. The van der Waals surface area contributed by atoms with Crippen LogP contribution in [0.3, 0.4) is 0 Å². The Balaban J connectivity index is 1.43. The van der Waals surface area contributed by atoms with E-state index >= 15 is 0 Å². The van der Waals surface area contributed by atoms with Crippen LogP contribution in [0.2, 0.25) is 0 Å². The number of carbonyl (C=O) groups excluding carboxylic acids is 2. The number of carbonyl (C=O) groups is 2. The molecular weight excluding hydrogens is 392 g/mol. The van der Waals surface area contributed by atoms with E-state index in [1.807, 2.05) is 0 Å². The van der Waals surface area contributed by atoms with Crippen LogP contribution in [-0.2, 0) is 23.8 Å². The van der Waals surface area contributed by atoms with Gasteiger partial charge in [-0.3, -0.25) is 9.59 Å². The minimum absolute atomic E-state index is 0.0605. The van der Waals surface area contributed by atoms with E-state index in [1.165, 1.54) is 5.57 Å². The van der Waals surface area contributed by atoms with Gasteiger partial charge in [0, 0.05) is 18.3 Å². The summed E-state index contributed by atoms with van der Waals surface area (Å²) in [7, 11) is 1.77. The van der Waals surface area contributed by atoms with Crippen molar-refractivity contribution in [2.24, 2.45) is 34.5 Å². The van der Waals surface area contributed by atoms with E-state index in [2.05, 4.69) is 26.0 Å². The van der Waals surface area contributed by atoms with E-state index in [-0.39, 0.29) is 16.8 Å². The fourth-order valence-corrected chi connectivity index (χ4v) is 8.20. The third kappa shape index (κ3) is 2.80. The molecule has 5 nitrogen and oxygen atoms in total. The molecule has 5 heteroatoms. The number of ether oxygens (including phenoxy) is 3. The highest BCUT2D eigenvalue weighted by molar-refractivity contribution is 5.96. The van der Waals surface area contributed by atoms with Crippen LogP contribution in [0.25, 0.3) is 0 Å². The van der Waals surface area contributed by atoms with Crippen molar-refractivity contribution in [2.75, 3.05) is 13.7 Å². The van der Waals surface area contributed by atoms with Crippen LogP contribution in [0.1, 0.15) is 72.1 Å². The quantitative estimate of drug-likeness (QED) is 0.470. The molecule has 7 atom stereocenters. The molecule has 0 aromatic rings. The second-order valence-electron chi connectivity index (χ2n) is 10.9. The lowest BCUT2D eigenvalue weighted by Crippen LogP contribution is -2.54. The minimum Gasteiger partial charge on any atom is -0.501 e. The molecule has 0 bridgehead atoms. The minimum atomic E-state index is -0.750. The standard InChI is InChI=1S/C26H36O5/c1-5-30-22(27)19-15-26(31-23(19)28)13-10-21-18-7-6-16-14-17(29-4)8-11-24(16,2)20(18)9-12-25(21,26)3/h6,14,18-21H,5,7-13,15H2,1-4H3/t18?,19?,20?,21?,24-,25-,26+/m0/s1. The third-order valence-electron chi connectivity index (χ3n) is 9.97. The smallest absolute Gasteiger partial charge is 0.321 e. The van der Waals surface area contributed by atoms with Crippen LogP contribution in [0.15, 0.2) is 23.5 Å². The van der Waals surface area contributed by atoms with Gasteiger partial charge in [0.05, 0.1) is 19.5 Å².